The first kappa shape index (κ1) is 18.3. The van der Waals surface area contributed by atoms with Crippen molar-refractivity contribution >= 4 is 11.8 Å². The van der Waals surface area contributed by atoms with Gasteiger partial charge in [0, 0.05) is 12.5 Å². The second-order valence-corrected chi connectivity index (χ2v) is 5.92. The van der Waals surface area contributed by atoms with Gasteiger partial charge in [-0.1, -0.05) is 30.3 Å². The van der Waals surface area contributed by atoms with Gasteiger partial charge in [0.15, 0.2) is 11.5 Å². The Bertz CT molecular complexity index is 896. The number of rotatable bonds is 7. The smallest absolute Gasteiger partial charge is 0.222 e. The summed E-state index contributed by atoms with van der Waals surface area (Å²) in [5.41, 5.74) is 14.1. The third kappa shape index (κ3) is 4.58. The number of nitrogens with zero attached hydrogens (tertiary/aromatic N) is 2. The molecule has 4 N–H and O–H groups in total. The lowest BCUT2D eigenvalue weighted by Crippen LogP contribution is -2.04. The molecule has 0 bridgehead atoms. The van der Waals surface area contributed by atoms with Gasteiger partial charge in [0.2, 0.25) is 11.7 Å². The van der Waals surface area contributed by atoms with Gasteiger partial charge in [0.25, 0.3) is 0 Å². The van der Waals surface area contributed by atoms with Gasteiger partial charge in [-0.15, -0.1) is 0 Å². The monoisotopic (exact) mass is 366 g/mol. The zero-order valence-electron chi connectivity index (χ0n) is 15.3. The summed E-state index contributed by atoms with van der Waals surface area (Å²) in [6.45, 7) is 0.414. The van der Waals surface area contributed by atoms with E-state index >= 15 is 0 Å². The molecule has 7 nitrogen and oxygen atoms in total. The number of anilines is 2. The maximum Gasteiger partial charge on any atom is 0.222 e. The highest BCUT2D eigenvalue weighted by atomic mass is 16.5. The molecule has 0 aliphatic carbocycles. The van der Waals surface area contributed by atoms with E-state index < -0.39 is 0 Å². The maximum atomic E-state index is 6.00. The minimum Gasteiger partial charge on any atom is -0.493 e. The Morgan fingerprint density at radius 1 is 0.852 bits per heavy atom. The third-order valence-corrected chi connectivity index (χ3v) is 3.94. The Labute approximate surface area is 157 Å². The Kier molecular flexibility index (Phi) is 5.61. The van der Waals surface area contributed by atoms with Crippen molar-refractivity contribution in [2.24, 2.45) is 0 Å². The van der Waals surface area contributed by atoms with Crippen LogP contribution in [0.5, 0.6) is 17.2 Å². The van der Waals surface area contributed by atoms with E-state index in [1.165, 1.54) is 0 Å². The van der Waals surface area contributed by atoms with Crippen molar-refractivity contribution < 1.29 is 14.2 Å². The first-order chi connectivity index (χ1) is 13.1. The zero-order valence-corrected chi connectivity index (χ0v) is 15.3. The summed E-state index contributed by atoms with van der Waals surface area (Å²) in [5.74, 6) is 2.18. The molecule has 7 heteroatoms. The number of benzene rings is 2. The van der Waals surface area contributed by atoms with Gasteiger partial charge < -0.3 is 25.7 Å². The lowest BCUT2D eigenvalue weighted by atomic mass is 10.1. The van der Waals surface area contributed by atoms with E-state index in [0.29, 0.717) is 41.8 Å². The van der Waals surface area contributed by atoms with Crippen molar-refractivity contribution in [3.8, 4) is 17.2 Å². The average molecular weight is 366 g/mol. The molecule has 0 radical (unpaired) electrons. The molecule has 0 saturated carbocycles. The standard InChI is InChI=1S/C20H22N4O3/c1-25-16-9-14(8-15-11-18(21)24-20(22)23-15)10-17(19(16)26-2)27-12-13-6-4-3-5-7-13/h3-7,9-11H,8,12H2,1-2H3,(H4,21,22,23,24). The fourth-order valence-corrected chi connectivity index (χ4v) is 2.77. The Morgan fingerprint density at radius 2 is 1.59 bits per heavy atom. The van der Waals surface area contributed by atoms with E-state index in [1.54, 1.807) is 20.3 Å². The summed E-state index contributed by atoms with van der Waals surface area (Å²) in [4.78, 5) is 8.12. The lowest BCUT2D eigenvalue weighted by Gasteiger charge is -2.16. The van der Waals surface area contributed by atoms with E-state index in [-0.39, 0.29) is 5.95 Å². The van der Waals surface area contributed by atoms with Crippen molar-refractivity contribution in [2.45, 2.75) is 13.0 Å². The normalized spacial score (nSPS) is 10.4. The quantitative estimate of drug-likeness (QED) is 0.662. The van der Waals surface area contributed by atoms with Crippen molar-refractivity contribution in [3.63, 3.8) is 0 Å². The van der Waals surface area contributed by atoms with Crippen LogP contribution in [0.4, 0.5) is 11.8 Å². The predicted molar refractivity (Wildman–Crippen MR) is 104 cm³/mol. The van der Waals surface area contributed by atoms with Gasteiger partial charge in [-0.25, -0.2) is 4.98 Å². The van der Waals surface area contributed by atoms with Crippen molar-refractivity contribution in [1.29, 1.82) is 0 Å². The molecule has 3 rings (SSSR count). The fraction of sp³-hybridized carbons (Fsp3) is 0.200. The van der Waals surface area contributed by atoms with Crippen LogP contribution in [0.1, 0.15) is 16.8 Å². The minimum absolute atomic E-state index is 0.144. The molecule has 2 aromatic carbocycles. The molecule has 1 aromatic heterocycles. The lowest BCUT2D eigenvalue weighted by molar-refractivity contribution is 0.275. The largest absolute Gasteiger partial charge is 0.493 e. The third-order valence-electron chi connectivity index (χ3n) is 3.94. The molecule has 140 valence electrons. The molecule has 0 unspecified atom stereocenters. The maximum absolute atomic E-state index is 6.00. The van der Waals surface area contributed by atoms with Gasteiger partial charge >= 0.3 is 0 Å². The van der Waals surface area contributed by atoms with Gasteiger partial charge in [0.1, 0.15) is 12.4 Å². The van der Waals surface area contributed by atoms with Crippen LogP contribution in [0, 0.1) is 0 Å². The zero-order chi connectivity index (χ0) is 19.2. The predicted octanol–water partition coefficient (Wildman–Crippen LogP) is 2.83. The number of aromatic nitrogens is 2. The van der Waals surface area contributed by atoms with Crippen LogP contribution >= 0.6 is 0 Å². The molecule has 0 aliphatic rings. The fourth-order valence-electron chi connectivity index (χ4n) is 2.77. The summed E-state index contributed by atoms with van der Waals surface area (Å²) >= 11 is 0. The van der Waals surface area contributed by atoms with Crippen LogP contribution in [0.2, 0.25) is 0 Å². The van der Waals surface area contributed by atoms with Gasteiger partial charge in [0.05, 0.1) is 19.9 Å². The highest BCUT2D eigenvalue weighted by Gasteiger charge is 2.15. The summed E-state index contributed by atoms with van der Waals surface area (Å²) in [6, 6.07) is 15.4. The van der Waals surface area contributed by atoms with E-state index in [1.807, 2.05) is 42.5 Å². The number of hydrogen-bond acceptors (Lipinski definition) is 7. The van der Waals surface area contributed by atoms with Crippen LogP contribution in [-0.2, 0) is 13.0 Å². The summed E-state index contributed by atoms with van der Waals surface area (Å²) in [7, 11) is 3.17. The van der Waals surface area contributed by atoms with Crippen molar-refractivity contribution in [3.05, 3.63) is 65.4 Å². The van der Waals surface area contributed by atoms with Crippen molar-refractivity contribution in [2.75, 3.05) is 25.7 Å². The number of nitrogens with two attached hydrogens (primary N) is 2. The second-order valence-electron chi connectivity index (χ2n) is 5.92. The number of nitrogen functional groups attached to an aromatic ring is 2. The highest BCUT2D eigenvalue weighted by Crippen LogP contribution is 2.39. The highest BCUT2D eigenvalue weighted by molar-refractivity contribution is 5.54. The molecular formula is C20H22N4O3. The van der Waals surface area contributed by atoms with Crippen LogP contribution in [0.3, 0.4) is 0 Å². The summed E-state index contributed by atoms with van der Waals surface area (Å²) in [5, 5.41) is 0. The van der Waals surface area contributed by atoms with Crippen LogP contribution in [0.15, 0.2) is 48.5 Å². The van der Waals surface area contributed by atoms with E-state index in [9.17, 15) is 0 Å². The molecule has 0 aliphatic heterocycles. The average Bonchev–Trinajstić information content (AvgIpc) is 2.65. The van der Waals surface area contributed by atoms with Gasteiger partial charge in [-0.2, -0.15) is 4.98 Å². The number of methoxy groups -OCH3 is 2. The summed E-state index contributed by atoms with van der Waals surface area (Å²) in [6.07, 6.45) is 0.499. The number of hydrogen-bond donors (Lipinski definition) is 2. The van der Waals surface area contributed by atoms with Gasteiger partial charge in [-0.05, 0) is 23.3 Å². The summed E-state index contributed by atoms with van der Waals surface area (Å²) < 4.78 is 16.9. The van der Waals surface area contributed by atoms with Crippen LogP contribution in [-0.4, -0.2) is 24.2 Å². The Balaban J connectivity index is 1.90. The molecule has 1 heterocycles. The molecule has 27 heavy (non-hydrogen) atoms. The SMILES string of the molecule is COc1cc(Cc2cc(N)nc(N)n2)cc(OCc2ccccc2)c1OC. The van der Waals surface area contributed by atoms with E-state index in [2.05, 4.69) is 9.97 Å². The van der Waals surface area contributed by atoms with E-state index in [0.717, 1.165) is 11.1 Å². The Morgan fingerprint density at radius 3 is 2.26 bits per heavy atom. The first-order valence-electron chi connectivity index (χ1n) is 8.39. The van der Waals surface area contributed by atoms with Crippen LogP contribution in [0.25, 0.3) is 0 Å². The molecular weight excluding hydrogens is 344 g/mol. The van der Waals surface area contributed by atoms with Gasteiger partial charge in [-0.3, -0.25) is 0 Å². The minimum atomic E-state index is 0.144. The molecule has 0 spiro atoms. The van der Waals surface area contributed by atoms with Crippen LogP contribution < -0.4 is 25.7 Å². The molecule has 0 atom stereocenters. The topological polar surface area (TPSA) is 106 Å². The Hall–Kier alpha value is -3.48. The first-order valence-corrected chi connectivity index (χ1v) is 8.39. The van der Waals surface area contributed by atoms with Crippen molar-refractivity contribution in [1.82, 2.24) is 9.97 Å². The number of ether oxygens (including phenoxy) is 3. The molecule has 3 aromatic rings. The second kappa shape index (κ2) is 8.27. The van der Waals surface area contributed by atoms with E-state index in [4.69, 9.17) is 25.7 Å². The molecule has 0 saturated heterocycles. The molecule has 0 amide bonds. The molecule has 0 fully saturated rings.